The molecule has 0 aliphatic heterocycles. The smallest absolute Gasteiger partial charge is 0.226 e. The fourth-order valence-electron chi connectivity index (χ4n) is 2.71. The van der Waals surface area contributed by atoms with Gasteiger partial charge in [-0.15, -0.1) is 0 Å². The fraction of sp³-hybridized carbons (Fsp3) is 0.238. The molecular formula is C21H22ClN3O2. The molecule has 6 heteroatoms. The molecule has 2 aromatic carbocycles. The van der Waals surface area contributed by atoms with Crippen molar-refractivity contribution in [3.05, 3.63) is 83.1 Å². The van der Waals surface area contributed by atoms with Crippen molar-refractivity contribution in [3.63, 3.8) is 0 Å². The Labute approximate surface area is 164 Å². The van der Waals surface area contributed by atoms with E-state index in [-0.39, 0.29) is 5.91 Å². The number of hydrogen-bond acceptors (Lipinski definition) is 3. The molecule has 1 aromatic heterocycles. The Kier molecular flexibility index (Phi) is 6.49. The maximum absolute atomic E-state index is 12.3. The van der Waals surface area contributed by atoms with Crippen molar-refractivity contribution >= 4 is 17.5 Å². The van der Waals surface area contributed by atoms with Gasteiger partial charge in [-0.3, -0.25) is 9.48 Å². The van der Waals surface area contributed by atoms with Gasteiger partial charge in [-0.2, -0.15) is 5.10 Å². The third-order valence-corrected chi connectivity index (χ3v) is 4.34. The summed E-state index contributed by atoms with van der Waals surface area (Å²) < 4.78 is 7.46. The van der Waals surface area contributed by atoms with E-state index in [1.54, 1.807) is 30.3 Å². The summed E-state index contributed by atoms with van der Waals surface area (Å²) in [7, 11) is 1.79. The molecule has 0 aliphatic rings. The summed E-state index contributed by atoms with van der Waals surface area (Å²) in [6, 6.07) is 17.3. The van der Waals surface area contributed by atoms with Gasteiger partial charge < -0.3 is 9.64 Å². The molecule has 140 valence electrons. The second-order valence-electron chi connectivity index (χ2n) is 6.34. The van der Waals surface area contributed by atoms with Gasteiger partial charge in [-0.05, 0) is 23.8 Å². The van der Waals surface area contributed by atoms with Crippen LogP contribution in [0.3, 0.4) is 0 Å². The molecule has 0 N–H and O–H groups in total. The molecule has 0 bridgehead atoms. The topological polar surface area (TPSA) is 47.4 Å². The lowest BCUT2D eigenvalue weighted by Gasteiger charge is -2.16. The third kappa shape index (κ3) is 5.86. The van der Waals surface area contributed by atoms with Crippen LogP contribution in [-0.2, 0) is 17.9 Å². The van der Waals surface area contributed by atoms with Crippen LogP contribution in [0.4, 0.5) is 0 Å². The SMILES string of the molecule is CN(Cc1cnn(Cc2ccccc2)c1)C(=O)CCOc1cccc(Cl)c1. The van der Waals surface area contributed by atoms with E-state index in [4.69, 9.17) is 16.3 Å². The minimum absolute atomic E-state index is 0.0211. The van der Waals surface area contributed by atoms with Gasteiger partial charge in [0.1, 0.15) is 5.75 Å². The summed E-state index contributed by atoms with van der Waals surface area (Å²) in [5, 5.41) is 4.99. The minimum atomic E-state index is 0.0211. The predicted octanol–water partition coefficient (Wildman–Crippen LogP) is 4.01. The van der Waals surface area contributed by atoms with Crippen molar-refractivity contribution in [2.24, 2.45) is 0 Å². The highest BCUT2D eigenvalue weighted by Crippen LogP contribution is 2.17. The minimum Gasteiger partial charge on any atom is -0.493 e. The van der Waals surface area contributed by atoms with Crippen molar-refractivity contribution in [3.8, 4) is 5.75 Å². The monoisotopic (exact) mass is 383 g/mol. The second kappa shape index (κ2) is 9.24. The lowest BCUT2D eigenvalue weighted by molar-refractivity contribution is -0.130. The Bertz CT molecular complexity index is 880. The molecule has 0 atom stereocenters. The van der Waals surface area contributed by atoms with E-state index >= 15 is 0 Å². The maximum Gasteiger partial charge on any atom is 0.226 e. The number of rotatable bonds is 8. The van der Waals surface area contributed by atoms with Crippen LogP contribution in [-0.4, -0.2) is 34.2 Å². The van der Waals surface area contributed by atoms with E-state index in [1.165, 1.54) is 5.56 Å². The first-order valence-electron chi connectivity index (χ1n) is 8.78. The molecule has 0 radical (unpaired) electrons. The summed E-state index contributed by atoms with van der Waals surface area (Å²) in [6.07, 6.45) is 4.08. The first-order chi connectivity index (χ1) is 13.1. The fourth-order valence-corrected chi connectivity index (χ4v) is 2.89. The molecule has 0 aliphatic carbocycles. The molecule has 1 amide bonds. The summed E-state index contributed by atoms with van der Waals surface area (Å²) in [4.78, 5) is 14.0. The molecule has 27 heavy (non-hydrogen) atoms. The number of ether oxygens (including phenoxy) is 1. The standard InChI is InChI=1S/C21H22ClN3O2/c1-24(21(26)10-11-27-20-9-5-8-19(22)12-20)14-18-13-23-25(16-18)15-17-6-3-2-4-7-17/h2-9,12-13,16H,10-11,14-15H2,1H3. The molecule has 0 saturated carbocycles. The van der Waals surface area contributed by atoms with Crippen molar-refractivity contribution in [2.45, 2.75) is 19.5 Å². The average Bonchev–Trinajstić information content (AvgIpc) is 3.09. The number of nitrogens with zero attached hydrogens (tertiary/aromatic N) is 3. The molecular weight excluding hydrogens is 362 g/mol. The second-order valence-corrected chi connectivity index (χ2v) is 6.77. The van der Waals surface area contributed by atoms with Gasteiger partial charge in [0.05, 0.1) is 25.8 Å². The quantitative estimate of drug-likeness (QED) is 0.590. The zero-order valence-electron chi connectivity index (χ0n) is 15.2. The van der Waals surface area contributed by atoms with Gasteiger partial charge in [-0.1, -0.05) is 48.0 Å². The van der Waals surface area contributed by atoms with Crippen LogP contribution in [0, 0.1) is 0 Å². The summed E-state index contributed by atoms with van der Waals surface area (Å²) in [6.45, 7) is 1.55. The van der Waals surface area contributed by atoms with Crippen molar-refractivity contribution in [1.29, 1.82) is 0 Å². The highest BCUT2D eigenvalue weighted by molar-refractivity contribution is 6.30. The largest absolute Gasteiger partial charge is 0.493 e. The van der Waals surface area contributed by atoms with Crippen molar-refractivity contribution in [2.75, 3.05) is 13.7 Å². The van der Waals surface area contributed by atoms with Crippen LogP contribution >= 0.6 is 11.6 Å². The van der Waals surface area contributed by atoms with Crippen LogP contribution in [0.2, 0.25) is 5.02 Å². The van der Waals surface area contributed by atoms with Gasteiger partial charge in [0.15, 0.2) is 0 Å². The van der Waals surface area contributed by atoms with Crippen molar-refractivity contribution < 1.29 is 9.53 Å². The van der Waals surface area contributed by atoms with Crippen LogP contribution in [0.1, 0.15) is 17.5 Å². The van der Waals surface area contributed by atoms with Gasteiger partial charge in [0.25, 0.3) is 0 Å². The lowest BCUT2D eigenvalue weighted by atomic mass is 10.2. The predicted molar refractivity (Wildman–Crippen MR) is 106 cm³/mol. The number of carbonyl (C=O) groups is 1. The van der Waals surface area contributed by atoms with Gasteiger partial charge >= 0.3 is 0 Å². The molecule has 3 rings (SSSR count). The molecule has 0 spiro atoms. The van der Waals surface area contributed by atoms with E-state index in [0.717, 1.165) is 5.56 Å². The third-order valence-electron chi connectivity index (χ3n) is 4.10. The van der Waals surface area contributed by atoms with Gasteiger partial charge in [0.2, 0.25) is 5.91 Å². The Hall–Kier alpha value is -2.79. The molecule has 0 unspecified atom stereocenters. The average molecular weight is 384 g/mol. The van der Waals surface area contributed by atoms with Crippen LogP contribution in [0.5, 0.6) is 5.75 Å². The van der Waals surface area contributed by atoms with E-state index in [9.17, 15) is 4.79 Å². The van der Waals surface area contributed by atoms with Crippen molar-refractivity contribution in [1.82, 2.24) is 14.7 Å². The summed E-state index contributed by atoms with van der Waals surface area (Å²) >= 11 is 5.92. The Balaban J connectivity index is 1.45. The number of carbonyl (C=O) groups excluding carboxylic acids is 1. The number of amides is 1. The molecule has 0 fully saturated rings. The van der Waals surface area contributed by atoms with E-state index in [0.29, 0.717) is 36.9 Å². The van der Waals surface area contributed by atoms with Gasteiger partial charge in [0, 0.05) is 30.4 Å². The number of hydrogen-bond donors (Lipinski definition) is 0. The zero-order chi connectivity index (χ0) is 19.1. The van der Waals surface area contributed by atoms with E-state index in [1.807, 2.05) is 41.2 Å². The van der Waals surface area contributed by atoms with E-state index < -0.39 is 0 Å². The Morgan fingerprint density at radius 2 is 1.96 bits per heavy atom. The molecule has 3 aromatic rings. The number of aromatic nitrogens is 2. The van der Waals surface area contributed by atoms with Crippen LogP contribution in [0.15, 0.2) is 67.0 Å². The Morgan fingerprint density at radius 3 is 2.74 bits per heavy atom. The zero-order valence-corrected chi connectivity index (χ0v) is 16.0. The summed E-state index contributed by atoms with van der Waals surface area (Å²) in [5.74, 6) is 0.688. The van der Waals surface area contributed by atoms with Crippen LogP contribution < -0.4 is 4.74 Å². The highest BCUT2D eigenvalue weighted by atomic mass is 35.5. The van der Waals surface area contributed by atoms with Crippen LogP contribution in [0.25, 0.3) is 0 Å². The molecule has 1 heterocycles. The number of halogens is 1. The number of benzene rings is 2. The molecule has 0 saturated heterocycles. The highest BCUT2D eigenvalue weighted by Gasteiger charge is 2.11. The Morgan fingerprint density at radius 1 is 1.15 bits per heavy atom. The lowest BCUT2D eigenvalue weighted by Crippen LogP contribution is -2.27. The van der Waals surface area contributed by atoms with Gasteiger partial charge in [-0.25, -0.2) is 0 Å². The normalized spacial score (nSPS) is 10.6. The van der Waals surface area contributed by atoms with E-state index in [2.05, 4.69) is 17.2 Å². The first kappa shape index (κ1) is 19.0. The maximum atomic E-state index is 12.3. The summed E-state index contributed by atoms with van der Waals surface area (Å²) in [5.41, 5.74) is 2.19. The molecule has 5 nitrogen and oxygen atoms in total. The first-order valence-corrected chi connectivity index (χ1v) is 9.15.